The standard InChI is InChI=1S/C38H48O12/c1-19(2)21-7-9-37-31(49-37)29(17-35(5)15-25(41)27(47-35)13-23(39)11-21)46-34(44)38-10-8-22(20(3)4)12-24(40)14-28-26(42)16-36(6,48-28)18-30(32(38)50-38)45-33(37)43/h21-22,27-32H,1,3,7-18H2,2,4-6H3/t21-,22-,27-,28+,29+,30+,31+,32-,35+,36+,37+,38+/m0/s1. The Balaban J connectivity index is 1.28. The van der Waals surface area contributed by atoms with Crippen molar-refractivity contribution in [3.63, 3.8) is 0 Å². The predicted octanol–water partition coefficient (Wildman–Crippen LogP) is 3.78. The van der Waals surface area contributed by atoms with Crippen molar-refractivity contribution in [3.8, 4) is 0 Å². The van der Waals surface area contributed by atoms with E-state index in [1.165, 1.54) is 0 Å². The lowest BCUT2D eigenvalue weighted by molar-refractivity contribution is -0.166. The Kier molecular flexibility index (Phi) is 8.68. The molecule has 7 saturated heterocycles. The van der Waals surface area contributed by atoms with Gasteiger partial charge in [0.1, 0.15) is 48.2 Å². The number of hydrogen-bond donors (Lipinski definition) is 0. The Hall–Kier alpha value is -3.06. The number of ketones is 4. The first-order valence-electron chi connectivity index (χ1n) is 18.0. The van der Waals surface area contributed by atoms with Crippen LogP contribution in [0.2, 0.25) is 0 Å². The van der Waals surface area contributed by atoms with E-state index in [4.69, 9.17) is 28.4 Å². The molecule has 0 aliphatic carbocycles. The number of esters is 2. The van der Waals surface area contributed by atoms with Crippen LogP contribution in [0.25, 0.3) is 0 Å². The second-order valence-corrected chi connectivity index (χ2v) is 16.6. The number of fused-ring (bicyclic) bond motifs is 4. The van der Waals surface area contributed by atoms with Gasteiger partial charge in [-0.2, -0.15) is 0 Å². The van der Waals surface area contributed by atoms with Crippen molar-refractivity contribution in [2.45, 2.75) is 164 Å². The molecule has 0 unspecified atom stereocenters. The van der Waals surface area contributed by atoms with Crippen molar-refractivity contribution < 1.29 is 57.2 Å². The van der Waals surface area contributed by atoms with E-state index in [0.717, 1.165) is 11.1 Å². The lowest BCUT2D eigenvalue weighted by atomic mass is 9.81. The Bertz CT molecular complexity index is 1450. The Morgan fingerprint density at radius 1 is 0.600 bits per heavy atom. The Morgan fingerprint density at radius 3 is 1.34 bits per heavy atom. The molecule has 7 fully saturated rings. The molecular formula is C38H48O12. The highest BCUT2D eigenvalue weighted by Gasteiger charge is 2.74. The third-order valence-corrected chi connectivity index (χ3v) is 12.2. The van der Waals surface area contributed by atoms with Gasteiger partial charge < -0.3 is 28.4 Å². The van der Waals surface area contributed by atoms with Crippen molar-refractivity contribution in [3.05, 3.63) is 24.3 Å². The third-order valence-electron chi connectivity index (χ3n) is 12.2. The van der Waals surface area contributed by atoms with Gasteiger partial charge in [0, 0.05) is 51.4 Å². The molecule has 12 nitrogen and oxygen atoms in total. The van der Waals surface area contributed by atoms with Crippen LogP contribution in [0.5, 0.6) is 0 Å². The van der Waals surface area contributed by atoms with E-state index in [2.05, 4.69) is 13.2 Å². The molecule has 0 N–H and O–H groups in total. The fraction of sp³-hybridized carbons (Fsp3) is 0.737. The second kappa shape index (κ2) is 12.3. The van der Waals surface area contributed by atoms with Gasteiger partial charge in [-0.05, 0) is 65.2 Å². The van der Waals surface area contributed by atoms with Crippen molar-refractivity contribution in [2.75, 3.05) is 0 Å². The van der Waals surface area contributed by atoms with E-state index in [-0.39, 0.29) is 99.2 Å². The van der Waals surface area contributed by atoms with Crippen LogP contribution >= 0.6 is 0 Å². The SMILES string of the molecule is C=C(C)[C@H]1CC[C@@]23O[C@@H]2[C@@H](C[C@@]2(C)CC(=O)[C@H](CC(=O)C1)O2)OC(=O)[C@@]12CC[C@H](C(=C)C)CC(=O)C[C@H]4O[C@](C)(CC4=O)C[C@@H](OC3=O)[C@@H]1O2. The number of carbonyl (C=O) groups is 6. The molecule has 7 heterocycles. The molecule has 7 rings (SSSR count). The zero-order chi connectivity index (χ0) is 36.0. The number of ether oxygens (including phenoxy) is 6. The maximum absolute atomic E-state index is 14.5. The van der Waals surface area contributed by atoms with Gasteiger partial charge in [0.05, 0.1) is 11.2 Å². The topological polar surface area (TPSA) is 164 Å². The van der Waals surface area contributed by atoms with E-state index in [1.807, 2.05) is 13.8 Å². The first kappa shape index (κ1) is 35.3. The van der Waals surface area contributed by atoms with Gasteiger partial charge in [-0.15, -0.1) is 0 Å². The van der Waals surface area contributed by atoms with Gasteiger partial charge in [-0.25, -0.2) is 9.59 Å². The van der Waals surface area contributed by atoms with Crippen molar-refractivity contribution in [1.82, 2.24) is 0 Å². The zero-order valence-electron chi connectivity index (χ0n) is 29.4. The average molecular weight is 697 g/mol. The molecule has 272 valence electrons. The number of hydrogen-bond acceptors (Lipinski definition) is 12. The zero-order valence-corrected chi connectivity index (χ0v) is 29.4. The minimum atomic E-state index is -1.50. The van der Waals surface area contributed by atoms with Crippen LogP contribution in [0.1, 0.15) is 105 Å². The van der Waals surface area contributed by atoms with Crippen molar-refractivity contribution in [2.24, 2.45) is 11.8 Å². The van der Waals surface area contributed by atoms with Crippen LogP contribution in [-0.2, 0) is 57.2 Å². The Labute approximate surface area is 291 Å². The molecule has 0 radical (unpaired) electrons. The molecule has 0 aromatic rings. The fourth-order valence-electron chi connectivity index (χ4n) is 9.19. The molecule has 0 aromatic heterocycles. The first-order chi connectivity index (χ1) is 23.4. The summed E-state index contributed by atoms with van der Waals surface area (Å²) in [6.07, 6.45) is -4.32. The largest absolute Gasteiger partial charge is 0.457 e. The van der Waals surface area contributed by atoms with Gasteiger partial charge in [-0.1, -0.05) is 24.3 Å². The molecule has 0 spiro atoms. The summed E-state index contributed by atoms with van der Waals surface area (Å²) in [6, 6.07) is 0. The van der Waals surface area contributed by atoms with Gasteiger partial charge >= 0.3 is 11.9 Å². The van der Waals surface area contributed by atoms with Crippen LogP contribution < -0.4 is 0 Å². The fourth-order valence-corrected chi connectivity index (χ4v) is 9.19. The van der Waals surface area contributed by atoms with Crippen molar-refractivity contribution >= 4 is 35.1 Å². The first-order valence-corrected chi connectivity index (χ1v) is 18.0. The molecule has 0 saturated carbocycles. The summed E-state index contributed by atoms with van der Waals surface area (Å²) in [5.41, 5.74) is -3.67. The summed E-state index contributed by atoms with van der Waals surface area (Å²) in [4.78, 5) is 81.6. The molecule has 12 heteroatoms. The smallest absolute Gasteiger partial charge is 0.341 e. The number of allylic oxidation sites excluding steroid dienone is 2. The van der Waals surface area contributed by atoms with Crippen LogP contribution in [0.3, 0.4) is 0 Å². The summed E-state index contributed by atoms with van der Waals surface area (Å²) in [7, 11) is 0. The van der Waals surface area contributed by atoms with E-state index in [1.54, 1.807) is 13.8 Å². The van der Waals surface area contributed by atoms with Gasteiger partial charge in [0.2, 0.25) is 0 Å². The highest BCUT2D eigenvalue weighted by Crippen LogP contribution is 2.55. The molecule has 8 bridgehead atoms. The summed E-state index contributed by atoms with van der Waals surface area (Å²) < 4.78 is 37.7. The Morgan fingerprint density at radius 2 is 0.980 bits per heavy atom. The summed E-state index contributed by atoms with van der Waals surface area (Å²) in [5.74, 6) is -2.58. The third kappa shape index (κ3) is 6.34. The average Bonchev–Trinajstić information content (AvgIpc) is 3.88. The summed E-state index contributed by atoms with van der Waals surface area (Å²) in [6.45, 7) is 15.3. The molecule has 12 atom stereocenters. The normalized spacial score (nSPS) is 46.6. The lowest BCUT2D eigenvalue weighted by Gasteiger charge is -2.32. The van der Waals surface area contributed by atoms with E-state index in [9.17, 15) is 28.8 Å². The number of Topliss-reactive ketones (excluding diaryl/α,β-unsaturated/α-hetero) is 4. The molecule has 0 aromatic carbocycles. The molecule has 7 aliphatic heterocycles. The summed E-state index contributed by atoms with van der Waals surface area (Å²) in [5, 5.41) is 0. The van der Waals surface area contributed by atoms with Gasteiger partial charge in [0.15, 0.2) is 22.8 Å². The number of carbonyl (C=O) groups excluding carboxylic acids is 6. The lowest BCUT2D eigenvalue weighted by Crippen LogP contribution is -2.48. The number of epoxide rings is 2. The van der Waals surface area contributed by atoms with Crippen LogP contribution in [-0.4, -0.2) is 94.1 Å². The molecule has 7 aliphatic rings. The molecule has 50 heavy (non-hydrogen) atoms. The van der Waals surface area contributed by atoms with E-state index >= 15 is 0 Å². The maximum atomic E-state index is 14.5. The maximum Gasteiger partial charge on any atom is 0.341 e. The minimum absolute atomic E-state index is 0.00599. The van der Waals surface area contributed by atoms with Crippen LogP contribution in [0.15, 0.2) is 24.3 Å². The van der Waals surface area contributed by atoms with Crippen LogP contribution in [0, 0.1) is 11.8 Å². The monoisotopic (exact) mass is 696 g/mol. The van der Waals surface area contributed by atoms with Crippen LogP contribution in [0.4, 0.5) is 0 Å². The van der Waals surface area contributed by atoms with Gasteiger partial charge in [0.25, 0.3) is 0 Å². The van der Waals surface area contributed by atoms with E-state index < -0.39 is 71.0 Å². The van der Waals surface area contributed by atoms with Crippen molar-refractivity contribution in [1.29, 1.82) is 0 Å². The second-order valence-electron chi connectivity index (χ2n) is 16.6. The number of rotatable bonds is 2. The minimum Gasteiger partial charge on any atom is -0.457 e. The predicted molar refractivity (Wildman–Crippen MR) is 174 cm³/mol. The summed E-state index contributed by atoms with van der Waals surface area (Å²) >= 11 is 0. The quantitative estimate of drug-likeness (QED) is 0.234. The molecule has 0 amide bonds. The van der Waals surface area contributed by atoms with Gasteiger partial charge in [-0.3, -0.25) is 19.2 Å². The molecular weight excluding hydrogens is 648 g/mol. The highest BCUT2D eigenvalue weighted by atomic mass is 16.7. The van der Waals surface area contributed by atoms with E-state index in [0.29, 0.717) is 12.8 Å². The highest BCUT2D eigenvalue weighted by molar-refractivity contribution is 5.93.